The van der Waals surface area contributed by atoms with Gasteiger partial charge in [0, 0.05) is 25.5 Å². The maximum atomic E-state index is 13.5. The summed E-state index contributed by atoms with van der Waals surface area (Å²) in [5.41, 5.74) is -0.408. The molecule has 0 aromatic carbocycles. The van der Waals surface area contributed by atoms with Crippen molar-refractivity contribution in [3.05, 3.63) is 30.1 Å². The molecule has 58 valence electrons. The van der Waals surface area contributed by atoms with E-state index < -0.39 is 5.67 Å². The number of rotatable bonds is 1. The zero-order valence-electron chi connectivity index (χ0n) is 6.05. The summed E-state index contributed by atoms with van der Waals surface area (Å²) in [6.45, 7) is 0.855. The summed E-state index contributed by atoms with van der Waals surface area (Å²) in [5, 5.41) is 2.90. The molecule has 1 aliphatic rings. The Morgan fingerprint density at radius 1 is 1.36 bits per heavy atom. The van der Waals surface area contributed by atoms with Gasteiger partial charge in [-0.25, -0.2) is 4.39 Å². The highest BCUT2D eigenvalue weighted by Gasteiger charge is 2.38. The molecule has 0 amide bonds. The van der Waals surface area contributed by atoms with Gasteiger partial charge < -0.3 is 5.32 Å². The van der Waals surface area contributed by atoms with Gasteiger partial charge in [0.05, 0.1) is 0 Å². The molecule has 11 heavy (non-hydrogen) atoms. The number of nitrogens with one attached hydrogen (secondary N) is 1. The molecule has 0 bridgehead atoms. The van der Waals surface area contributed by atoms with Crippen molar-refractivity contribution in [3.63, 3.8) is 0 Å². The first-order valence-corrected chi connectivity index (χ1v) is 3.61. The third-order valence-corrected chi connectivity index (χ3v) is 2.01. The van der Waals surface area contributed by atoms with Crippen molar-refractivity contribution in [2.24, 2.45) is 0 Å². The van der Waals surface area contributed by atoms with E-state index in [9.17, 15) is 4.39 Å². The Bertz CT molecular complexity index is 244. The van der Waals surface area contributed by atoms with Crippen LogP contribution in [0.3, 0.4) is 0 Å². The second-order valence-electron chi connectivity index (χ2n) is 2.80. The van der Waals surface area contributed by atoms with Crippen LogP contribution in [0.1, 0.15) is 5.56 Å². The summed E-state index contributed by atoms with van der Waals surface area (Å²) in [7, 11) is 0. The van der Waals surface area contributed by atoms with Crippen molar-refractivity contribution in [1.29, 1.82) is 0 Å². The van der Waals surface area contributed by atoms with Gasteiger partial charge in [-0.05, 0) is 17.7 Å². The van der Waals surface area contributed by atoms with Gasteiger partial charge >= 0.3 is 0 Å². The van der Waals surface area contributed by atoms with Crippen LogP contribution >= 0.6 is 0 Å². The number of halogens is 1. The van der Waals surface area contributed by atoms with Crippen LogP contribution in [-0.2, 0) is 5.67 Å². The van der Waals surface area contributed by atoms with Gasteiger partial charge in [0.1, 0.15) is 0 Å². The Balaban J connectivity index is 2.29. The van der Waals surface area contributed by atoms with E-state index in [1.54, 1.807) is 24.5 Å². The predicted octanol–water partition coefficient (Wildman–Crippen LogP) is 0.850. The largest absolute Gasteiger partial charge is 0.310 e. The van der Waals surface area contributed by atoms with E-state index >= 15 is 0 Å². The molecule has 0 spiro atoms. The lowest BCUT2D eigenvalue weighted by Crippen LogP contribution is -2.53. The Kier molecular flexibility index (Phi) is 1.39. The lowest BCUT2D eigenvalue weighted by atomic mass is 9.91. The zero-order chi connectivity index (χ0) is 7.73. The van der Waals surface area contributed by atoms with Crippen LogP contribution in [0.2, 0.25) is 0 Å². The minimum Gasteiger partial charge on any atom is -0.310 e. The van der Waals surface area contributed by atoms with Crippen molar-refractivity contribution in [2.45, 2.75) is 5.67 Å². The number of hydrogen-bond donors (Lipinski definition) is 1. The number of aromatic nitrogens is 1. The van der Waals surface area contributed by atoms with Crippen molar-refractivity contribution < 1.29 is 4.39 Å². The van der Waals surface area contributed by atoms with Crippen LogP contribution in [-0.4, -0.2) is 18.1 Å². The molecule has 0 unspecified atom stereocenters. The standard InChI is InChI=1S/C8H9FN2/c9-8(5-11-6-8)7-1-3-10-4-2-7/h1-4,11H,5-6H2. The fraction of sp³-hybridized carbons (Fsp3) is 0.375. The first-order chi connectivity index (χ1) is 5.31. The van der Waals surface area contributed by atoms with Gasteiger partial charge in [-0.3, -0.25) is 4.98 Å². The molecule has 0 atom stereocenters. The summed E-state index contributed by atoms with van der Waals surface area (Å²) < 4.78 is 13.5. The Hall–Kier alpha value is -0.960. The van der Waals surface area contributed by atoms with Crippen LogP contribution < -0.4 is 5.32 Å². The SMILES string of the molecule is FC1(c2ccncc2)CNC1. The van der Waals surface area contributed by atoms with Gasteiger partial charge in [0.2, 0.25) is 0 Å². The number of nitrogens with zero attached hydrogens (tertiary/aromatic N) is 1. The van der Waals surface area contributed by atoms with Crippen molar-refractivity contribution in [2.75, 3.05) is 13.1 Å². The van der Waals surface area contributed by atoms with Crippen LogP contribution in [0.4, 0.5) is 4.39 Å². The number of pyridine rings is 1. The molecule has 0 aliphatic carbocycles. The highest BCUT2D eigenvalue weighted by Crippen LogP contribution is 2.28. The molecule has 2 rings (SSSR count). The van der Waals surface area contributed by atoms with Crippen LogP contribution in [0.5, 0.6) is 0 Å². The Morgan fingerprint density at radius 3 is 2.45 bits per heavy atom. The van der Waals surface area contributed by atoms with E-state index in [0.29, 0.717) is 13.1 Å². The van der Waals surface area contributed by atoms with Gasteiger partial charge in [-0.15, -0.1) is 0 Å². The predicted molar refractivity (Wildman–Crippen MR) is 39.9 cm³/mol. The molecule has 1 N–H and O–H groups in total. The molecule has 2 nitrogen and oxygen atoms in total. The van der Waals surface area contributed by atoms with Gasteiger partial charge in [0.25, 0.3) is 0 Å². The molecule has 0 radical (unpaired) electrons. The van der Waals surface area contributed by atoms with Crippen molar-refractivity contribution >= 4 is 0 Å². The van der Waals surface area contributed by atoms with Gasteiger partial charge in [-0.1, -0.05) is 0 Å². The number of alkyl halides is 1. The maximum Gasteiger partial charge on any atom is 0.160 e. The lowest BCUT2D eigenvalue weighted by Gasteiger charge is -2.35. The monoisotopic (exact) mass is 152 g/mol. The van der Waals surface area contributed by atoms with E-state index in [2.05, 4.69) is 10.3 Å². The fourth-order valence-corrected chi connectivity index (χ4v) is 1.20. The van der Waals surface area contributed by atoms with Gasteiger partial charge in [-0.2, -0.15) is 0 Å². The smallest absolute Gasteiger partial charge is 0.160 e. The third kappa shape index (κ3) is 1.01. The molecule has 2 heterocycles. The van der Waals surface area contributed by atoms with Crippen LogP contribution in [0.15, 0.2) is 24.5 Å². The normalized spacial score (nSPS) is 20.8. The molecule has 1 aliphatic heterocycles. The second kappa shape index (κ2) is 2.27. The minimum absolute atomic E-state index is 0.428. The third-order valence-electron chi connectivity index (χ3n) is 2.01. The molecular weight excluding hydrogens is 143 g/mol. The quantitative estimate of drug-likeness (QED) is 0.645. The second-order valence-corrected chi connectivity index (χ2v) is 2.80. The summed E-state index contributed by atoms with van der Waals surface area (Å²) in [6.07, 6.45) is 3.24. The highest BCUT2D eigenvalue weighted by atomic mass is 19.1. The van der Waals surface area contributed by atoms with E-state index in [1.807, 2.05) is 0 Å². The topological polar surface area (TPSA) is 24.9 Å². The number of hydrogen-bond acceptors (Lipinski definition) is 2. The fourth-order valence-electron chi connectivity index (χ4n) is 1.20. The lowest BCUT2D eigenvalue weighted by molar-refractivity contribution is 0.0890. The average Bonchev–Trinajstić information content (AvgIpc) is 2.02. The summed E-state index contributed by atoms with van der Waals surface area (Å²) in [6, 6.07) is 3.45. The van der Waals surface area contributed by atoms with E-state index in [0.717, 1.165) is 5.56 Å². The summed E-state index contributed by atoms with van der Waals surface area (Å²) >= 11 is 0. The Morgan fingerprint density at radius 2 is 2.00 bits per heavy atom. The van der Waals surface area contributed by atoms with Crippen molar-refractivity contribution in [3.8, 4) is 0 Å². The molecule has 3 heteroatoms. The minimum atomic E-state index is -1.14. The van der Waals surface area contributed by atoms with E-state index in [-0.39, 0.29) is 0 Å². The van der Waals surface area contributed by atoms with Crippen molar-refractivity contribution in [1.82, 2.24) is 10.3 Å². The maximum absolute atomic E-state index is 13.5. The van der Waals surface area contributed by atoms with E-state index in [4.69, 9.17) is 0 Å². The van der Waals surface area contributed by atoms with Crippen LogP contribution in [0, 0.1) is 0 Å². The first kappa shape index (κ1) is 6.73. The molecule has 1 saturated heterocycles. The zero-order valence-corrected chi connectivity index (χ0v) is 6.05. The molecule has 0 saturated carbocycles. The molecule has 1 aromatic heterocycles. The van der Waals surface area contributed by atoms with Gasteiger partial charge in [0.15, 0.2) is 5.67 Å². The molecular formula is C8H9FN2. The summed E-state index contributed by atoms with van der Waals surface area (Å²) in [5.74, 6) is 0. The van der Waals surface area contributed by atoms with Crippen LogP contribution in [0.25, 0.3) is 0 Å². The van der Waals surface area contributed by atoms with E-state index in [1.165, 1.54) is 0 Å². The summed E-state index contributed by atoms with van der Waals surface area (Å²) in [4.78, 5) is 3.83. The highest BCUT2D eigenvalue weighted by molar-refractivity contribution is 5.23. The average molecular weight is 152 g/mol. The first-order valence-electron chi connectivity index (χ1n) is 3.61. The Labute approximate surface area is 64.5 Å². The molecule has 1 aromatic rings. The molecule has 1 fully saturated rings.